The maximum atomic E-state index is 13.5. The van der Waals surface area contributed by atoms with Crippen LogP contribution >= 0.6 is 38.9 Å². The highest BCUT2D eigenvalue weighted by molar-refractivity contribution is 9.10. The van der Waals surface area contributed by atoms with Crippen molar-refractivity contribution in [1.82, 2.24) is 9.88 Å². The van der Waals surface area contributed by atoms with Crippen molar-refractivity contribution in [3.63, 3.8) is 0 Å². The molecule has 5 nitrogen and oxygen atoms in total. The fraction of sp³-hybridized carbons (Fsp3) is 0.364. The number of aromatic nitrogens is 1. The van der Waals surface area contributed by atoms with E-state index in [-0.39, 0.29) is 5.91 Å². The predicted octanol–water partition coefficient (Wildman–Crippen LogP) is 6.10. The number of para-hydroxylation sites is 1. The van der Waals surface area contributed by atoms with Gasteiger partial charge in [-0.2, -0.15) is 0 Å². The lowest BCUT2D eigenvalue weighted by Crippen LogP contribution is -2.39. The van der Waals surface area contributed by atoms with Crippen molar-refractivity contribution >= 4 is 60.1 Å². The first-order valence-corrected chi connectivity index (χ1v) is 12.0. The summed E-state index contributed by atoms with van der Waals surface area (Å²) in [5.74, 6) is 0.569. The molecule has 3 rings (SSSR count). The van der Waals surface area contributed by atoms with Gasteiger partial charge in [0.25, 0.3) is 5.91 Å². The third-order valence-corrected chi connectivity index (χ3v) is 6.71. The van der Waals surface area contributed by atoms with Crippen LogP contribution in [0, 0.1) is 0 Å². The van der Waals surface area contributed by atoms with E-state index in [2.05, 4.69) is 34.7 Å². The Balaban J connectivity index is 2.03. The second-order valence-corrected chi connectivity index (χ2v) is 8.97. The number of likely N-dealkylation sites (N-methyl/N-ethyl adjacent to an activating group) is 1. The summed E-state index contributed by atoms with van der Waals surface area (Å²) in [6.45, 7) is 9.85. The fourth-order valence-corrected chi connectivity index (χ4v) is 4.74. The number of nitrogens with zero attached hydrogens (tertiary/aromatic N) is 3. The molecule has 2 aromatic carbocycles. The normalized spacial score (nSPS) is 11.3. The van der Waals surface area contributed by atoms with Gasteiger partial charge in [-0.15, -0.1) is 0 Å². The van der Waals surface area contributed by atoms with Gasteiger partial charge < -0.3 is 9.64 Å². The fourth-order valence-electron chi connectivity index (χ4n) is 3.17. The molecule has 3 aromatic rings. The number of hydrogen-bond donors (Lipinski definition) is 0. The van der Waals surface area contributed by atoms with E-state index in [1.807, 2.05) is 31.2 Å². The van der Waals surface area contributed by atoms with Gasteiger partial charge in [0.2, 0.25) is 0 Å². The molecular weight excluding hydrogens is 486 g/mol. The summed E-state index contributed by atoms with van der Waals surface area (Å²) in [6, 6.07) is 11.2. The lowest BCUT2D eigenvalue weighted by molar-refractivity contribution is 0.0984. The van der Waals surface area contributed by atoms with Crippen molar-refractivity contribution in [2.24, 2.45) is 0 Å². The lowest BCUT2D eigenvalue weighted by Gasteiger charge is -2.25. The van der Waals surface area contributed by atoms with E-state index in [0.717, 1.165) is 40.1 Å². The van der Waals surface area contributed by atoms with Crippen LogP contribution in [-0.2, 0) is 0 Å². The SMILES string of the molecule is CCOc1cccc2sc(N(CCN(CC)CC)C(=O)c3cc(Br)ccc3Cl)nc12. The average Bonchev–Trinajstić information content (AvgIpc) is 3.18. The Morgan fingerprint density at radius 3 is 2.63 bits per heavy atom. The highest BCUT2D eigenvalue weighted by Crippen LogP contribution is 2.35. The minimum atomic E-state index is -0.162. The van der Waals surface area contributed by atoms with Crippen molar-refractivity contribution in [1.29, 1.82) is 0 Å². The first-order valence-electron chi connectivity index (χ1n) is 10.00. The molecule has 30 heavy (non-hydrogen) atoms. The van der Waals surface area contributed by atoms with Gasteiger partial charge in [0.15, 0.2) is 5.13 Å². The van der Waals surface area contributed by atoms with Crippen molar-refractivity contribution in [3.8, 4) is 5.75 Å². The molecule has 0 saturated heterocycles. The zero-order valence-electron chi connectivity index (χ0n) is 17.3. The zero-order chi connectivity index (χ0) is 21.7. The van der Waals surface area contributed by atoms with Crippen LogP contribution in [0.3, 0.4) is 0 Å². The Morgan fingerprint density at radius 2 is 1.93 bits per heavy atom. The Morgan fingerprint density at radius 1 is 1.17 bits per heavy atom. The molecule has 0 saturated carbocycles. The van der Waals surface area contributed by atoms with Crippen molar-refractivity contribution in [2.75, 3.05) is 37.7 Å². The minimum absolute atomic E-state index is 0.162. The van der Waals surface area contributed by atoms with E-state index in [1.165, 1.54) is 11.3 Å². The summed E-state index contributed by atoms with van der Waals surface area (Å²) in [5.41, 5.74) is 1.23. The molecule has 1 aromatic heterocycles. The number of thiazole rings is 1. The number of anilines is 1. The summed E-state index contributed by atoms with van der Waals surface area (Å²) >= 11 is 11.3. The predicted molar refractivity (Wildman–Crippen MR) is 129 cm³/mol. The monoisotopic (exact) mass is 509 g/mol. The number of rotatable bonds is 9. The molecule has 0 bridgehead atoms. The highest BCUT2D eigenvalue weighted by Gasteiger charge is 2.24. The lowest BCUT2D eigenvalue weighted by atomic mass is 10.2. The number of fused-ring (bicyclic) bond motifs is 1. The molecule has 1 heterocycles. The van der Waals surface area contributed by atoms with Crippen LogP contribution < -0.4 is 9.64 Å². The molecular formula is C22H25BrClN3O2S. The van der Waals surface area contributed by atoms with Gasteiger partial charge in [-0.05, 0) is 50.3 Å². The van der Waals surface area contributed by atoms with Crippen molar-refractivity contribution in [2.45, 2.75) is 20.8 Å². The van der Waals surface area contributed by atoms with Crippen LogP contribution in [0.25, 0.3) is 10.2 Å². The number of amides is 1. The largest absolute Gasteiger partial charge is 0.492 e. The summed E-state index contributed by atoms with van der Waals surface area (Å²) in [4.78, 5) is 22.3. The van der Waals surface area contributed by atoms with Gasteiger partial charge in [-0.1, -0.05) is 58.8 Å². The van der Waals surface area contributed by atoms with Crippen LogP contribution in [0.2, 0.25) is 5.02 Å². The first kappa shape index (κ1) is 23.0. The topological polar surface area (TPSA) is 45.7 Å². The maximum Gasteiger partial charge on any atom is 0.261 e. The third kappa shape index (κ3) is 5.14. The van der Waals surface area contributed by atoms with E-state index in [0.29, 0.717) is 28.9 Å². The molecule has 0 atom stereocenters. The number of carbonyl (C=O) groups is 1. The van der Waals surface area contributed by atoms with E-state index in [9.17, 15) is 4.79 Å². The van der Waals surface area contributed by atoms with Gasteiger partial charge in [-0.25, -0.2) is 4.98 Å². The molecule has 1 amide bonds. The van der Waals surface area contributed by atoms with Crippen LogP contribution in [-0.4, -0.2) is 48.6 Å². The Hall–Kier alpha value is -1.67. The van der Waals surface area contributed by atoms with E-state index >= 15 is 0 Å². The third-order valence-electron chi connectivity index (χ3n) is 4.84. The van der Waals surface area contributed by atoms with Crippen molar-refractivity contribution in [3.05, 3.63) is 51.5 Å². The smallest absolute Gasteiger partial charge is 0.261 e. The van der Waals surface area contributed by atoms with Gasteiger partial charge in [-0.3, -0.25) is 9.69 Å². The standard InChI is InChI=1S/C22H25BrClN3O2S/c1-4-26(5-2)12-13-27(21(28)16-14-15(23)10-11-17(16)24)22-25-20-18(29-6-3)8-7-9-19(20)30-22/h7-11,14H,4-6,12-13H2,1-3H3. The van der Waals surface area contributed by atoms with Gasteiger partial charge in [0.1, 0.15) is 11.3 Å². The van der Waals surface area contributed by atoms with E-state index in [4.69, 9.17) is 21.3 Å². The van der Waals surface area contributed by atoms with E-state index < -0.39 is 0 Å². The van der Waals surface area contributed by atoms with E-state index in [1.54, 1.807) is 17.0 Å². The molecule has 0 radical (unpaired) electrons. The van der Waals surface area contributed by atoms with Crippen LogP contribution in [0.15, 0.2) is 40.9 Å². The molecule has 0 N–H and O–H groups in total. The van der Waals surface area contributed by atoms with Crippen molar-refractivity contribution < 1.29 is 9.53 Å². The second-order valence-electron chi connectivity index (χ2n) is 6.64. The first-order chi connectivity index (χ1) is 14.5. The Bertz CT molecular complexity index is 1020. The zero-order valence-corrected chi connectivity index (χ0v) is 20.5. The van der Waals surface area contributed by atoms with Crippen LogP contribution in [0.5, 0.6) is 5.75 Å². The Kier molecular flexibility index (Phi) is 8.11. The van der Waals surface area contributed by atoms with Crippen LogP contribution in [0.1, 0.15) is 31.1 Å². The van der Waals surface area contributed by atoms with Crippen LogP contribution in [0.4, 0.5) is 5.13 Å². The summed E-state index contributed by atoms with van der Waals surface area (Å²) < 4.78 is 7.52. The van der Waals surface area contributed by atoms with Gasteiger partial charge >= 0.3 is 0 Å². The minimum Gasteiger partial charge on any atom is -0.492 e. The van der Waals surface area contributed by atoms with Gasteiger partial charge in [0, 0.05) is 17.6 Å². The quantitative estimate of drug-likeness (QED) is 0.349. The molecule has 160 valence electrons. The molecule has 0 aliphatic carbocycles. The molecule has 0 aliphatic rings. The number of ether oxygens (including phenoxy) is 1. The molecule has 0 unspecified atom stereocenters. The molecule has 0 fully saturated rings. The van der Waals surface area contributed by atoms with Gasteiger partial charge in [0.05, 0.1) is 21.9 Å². The summed E-state index contributed by atoms with van der Waals surface area (Å²) in [6.07, 6.45) is 0. The average molecular weight is 511 g/mol. The summed E-state index contributed by atoms with van der Waals surface area (Å²) in [7, 11) is 0. The number of carbonyl (C=O) groups excluding carboxylic acids is 1. The second kappa shape index (κ2) is 10.6. The highest BCUT2D eigenvalue weighted by atomic mass is 79.9. The number of benzene rings is 2. The maximum absolute atomic E-state index is 13.5. The Labute approximate surface area is 194 Å². The number of halogens is 2. The summed E-state index contributed by atoms with van der Waals surface area (Å²) in [5, 5.41) is 1.07. The molecule has 0 aliphatic heterocycles. The molecule has 8 heteroatoms. The number of hydrogen-bond acceptors (Lipinski definition) is 5. The molecule has 0 spiro atoms.